The highest BCUT2D eigenvalue weighted by Crippen LogP contribution is 2.28. The first-order valence-electron chi connectivity index (χ1n) is 9.25. The van der Waals surface area contributed by atoms with Gasteiger partial charge in [0, 0.05) is 28.8 Å². The minimum atomic E-state index is -0.512. The molecule has 6 nitrogen and oxygen atoms in total. The van der Waals surface area contributed by atoms with Crippen molar-refractivity contribution in [1.29, 1.82) is 0 Å². The zero-order valence-corrected chi connectivity index (χ0v) is 17.3. The van der Waals surface area contributed by atoms with E-state index in [1.54, 1.807) is 23.6 Å². The summed E-state index contributed by atoms with van der Waals surface area (Å²) in [6.07, 6.45) is 7.54. The van der Waals surface area contributed by atoms with E-state index in [0.29, 0.717) is 11.6 Å². The molecule has 0 atom stereocenters. The number of hydrogen-bond donors (Lipinski definition) is 1. The van der Waals surface area contributed by atoms with Gasteiger partial charge in [-0.15, -0.1) is 11.3 Å². The van der Waals surface area contributed by atoms with Crippen LogP contribution in [0.15, 0.2) is 54.2 Å². The molecule has 7 heteroatoms. The highest BCUT2D eigenvalue weighted by atomic mass is 32.1. The molecule has 0 aliphatic heterocycles. The standard InChI is InChI=1S/C22H21N5OS/c1-22(2,3)19(28)26-20-23-12-11-16(24-20)9-10-17-18(15-7-5-4-6-8-15)25-21-27(17)13-14-29-21/h4-14H,1-3H3,(H,23,24,26,28)/b10-9+. The average molecular weight is 404 g/mol. The van der Waals surface area contributed by atoms with Crippen LogP contribution in [0.25, 0.3) is 28.4 Å². The van der Waals surface area contributed by atoms with Crippen LogP contribution in [-0.4, -0.2) is 25.3 Å². The molecule has 0 spiro atoms. The number of carbonyl (C=O) groups excluding carboxylic acids is 1. The Morgan fingerprint density at radius 1 is 1.10 bits per heavy atom. The van der Waals surface area contributed by atoms with E-state index in [2.05, 4.69) is 31.8 Å². The van der Waals surface area contributed by atoms with E-state index in [1.807, 2.05) is 62.7 Å². The van der Waals surface area contributed by atoms with Gasteiger partial charge in [0.25, 0.3) is 0 Å². The molecule has 0 saturated carbocycles. The van der Waals surface area contributed by atoms with Crippen LogP contribution in [0.1, 0.15) is 32.2 Å². The third kappa shape index (κ3) is 4.09. The molecule has 4 aromatic rings. The molecule has 0 aliphatic rings. The fraction of sp³-hybridized carbons (Fsp3) is 0.182. The summed E-state index contributed by atoms with van der Waals surface area (Å²) >= 11 is 1.60. The molecule has 0 fully saturated rings. The maximum absolute atomic E-state index is 12.2. The van der Waals surface area contributed by atoms with Gasteiger partial charge in [0.15, 0.2) is 4.96 Å². The Morgan fingerprint density at radius 3 is 2.66 bits per heavy atom. The largest absolute Gasteiger partial charge is 0.294 e. The number of amides is 1. The van der Waals surface area contributed by atoms with Gasteiger partial charge in [0.05, 0.1) is 17.1 Å². The van der Waals surface area contributed by atoms with Gasteiger partial charge >= 0.3 is 0 Å². The zero-order chi connectivity index (χ0) is 20.4. The van der Waals surface area contributed by atoms with Crippen LogP contribution in [0, 0.1) is 5.41 Å². The van der Waals surface area contributed by atoms with Crippen LogP contribution in [0.2, 0.25) is 0 Å². The highest BCUT2D eigenvalue weighted by Gasteiger charge is 2.22. The van der Waals surface area contributed by atoms with E-state index in [1.165, 1.54) is 0 Å². The second kappa shape index (κ2) is 7.60. The number of rotatable bonds is 4. The summed E-state index contributed by atoms with van der Waals surface area (Å²) in [5.41, 5.74) is 3.15. The Hall–Kier alpha value is -3.32. The molecule has 0 aliphatic carbocycles. The number of carbonyl (C=O) groups is 1. The number of nitrogens with zero attached hydrogens (tertiary/aromatic N) is 4. The quantitative estimate of drug-likeness (QED) is 0.520. The molecular weight excluding hydrogens is 382 g/mol. The van der Waals surface area contributed by atoms with Gasteiger partial charge in [0.1, 0.15) is 0 Å². The third-order valence-electron chi connectivity index (χ3n) is 4.34. The van der Waals surface area contributed by atoms with Crippen molar-refractivity contribution in [3.63, 3.8) is 0 Å². The molecule has 1 N–H and O–H groups in total. The van der Waals surface area contributed by atoms with Gasteiger partial charge < -0.3 is 0 Å². The minimum absolute atomic E-state index is 0.124. The van der Waals surface area contributed by atoms with Crippen molar-refractivity contribution in [2.24, 2.45) is 5.41 Å². The van der Waals surface area contributed by atoms with Crippen molar-refractivity contribution in [1.82, 2.24) is 19.4 Å². The number of aromatic nitrogens is 4. The van der Waals surface area contributed by atoms with Crippen molar-refractivity contribution in [2.75, 3.05) is 5.32 Å². The number of nitrogens with one attached hydrogen (secondary N) is 1. The lowest BCUT2D eigenvalue weighted by atomic mass is 9.96. The Kier molecular flexibility index (Phi) is 4.98. The number of benzene rings is 1. The summed E-state index contributed by atoms with van der Waals surface area (Å²) < 4.78 is 2.06. The van der Waals surface area contributed by atoms with E-state index in [0.717, 1.165) is 21.9 Å². The van der Waals surface area contributed by atoms with Crippen molar-refractivity contribution in [3.8, 4) is 11.3 Å². The summed E-state index contributed by atoms with van der Waals surface area (Å²) in [6.45, 7) is 5.55. The molecule has 0 radical (unpaired) electrons. The molecule has 0 unspecified atom stereocenters. The van der Waals surface area contributed by atoms with Crippen molar-refractivity contribution < 1.29 is 4.79 Å². The number of imidazole rings is 1. The molecular formula is C22H21N5OS. The van der Waals surface area contributed by atoms with Gasteiger partial charge in [-0.3, -0.25) is 14.5 Å². The van der Waals surface area contributed by atoms with Gasteiger partial charge in [-0.2, -0.15) is 0 Å². The van der Waals surface area contributed by atoms with Crippen LogP contribution in [0.5, 0.6) is 0 Å². The van der Waals surface area contributed by atoms with E-state index in [9.17, 15) is 4.79 Å². The third-order valence-corrected chi connectivity index (χ3v) is 5.10. The number of hydrogen-bond acceptors (Lipinski definition) is 5. The molecule has 3 aromatic heterocycles. The predicted octanol–water partition coefficient (Wildman–Crippen LogP) is 5.01. The molecule has 0 bridgehead atoms. The van der Waals surface area contributed by atoms with Crippen molar-refractivity contribution in [3.05, 3.63) is 65.6 Å². The molecule has 1 amide bonds. The Balaban J connectivity index is 1.66. The minimum Gasteiger partial charge on any atom is -0.294 e. The lowest BCUT2D eigenvalue weighted by Crippen LogP contribution is -2.28. The molecule has 146 valence electrons. The average Bonchev–Trinajstić information content (AvgIpc) is 3.28. The second-order valence-electron chi connectivity index (χ2n) is 7.61. The Bertz CT molecular complexity index is 1180. The van der Waals surface area contributed by atoms with Gasteiger partial charge in [-0.25, -0.2) is 15.0 Å². The second-order valence-corrected chi connectivity index (χ2v) is 8.48. The summed E-state index contributed by atoms with van der Waals surface area (Å²) in [4.78, 5) is 26.5. The molecule has 1 aromatic carbocycles. The van der Waals surface area contributed by atoms with Crippen molar-refractivity contribution in [2.45, 2.75) is 20.8 Å². The molecule has 4 rings (SSSR count). The van der Waals surface area contributed by atoms with Gasteiger partial charge in [0.2, 0.25) is 11.9 Å². The fourth-order valence-electron chi connectivity index (χ4n) is 2.75. The lowest BCUT2D eigenvalue weighted by Gasteiger charge is -2.16. The van der Waals surface area contributed by atoms with Crippen LogP contribution >= 0.6 is 11.3 Å². The van der Waals surface area contributed by atoms with Gasteiger partial charge in [-0.05, 0) is 18.2 Å². The molecule has 3 heterocycles. The predicted molar refractivity (Wildman–Crippen MR) is 118 cm³/mol. The smallest absolute Gasteiger partial charge is 0.232 e. The zero-order valence-electron chi connectivity index (χ0n) is 16.5. The van der Waals surface area contributed by atoms with Crippen LogP contribution < -0.4 is 5.32 Å². The number of thiazole rings is 1. The fourth-order valence-corrected chi connectivity index (χ4v) is 3.47. The van der Waals surface area contributed by atoms with E-state index in [4.69, 9.17) is 4.98 Å². The van der Waals surface area contributed by atoms with E-state index >= 15 is 0 Å². The van der Waals surface area contributed by atoms with Crippen LogP contribution in [-0.2, 0) is 4.79 Å². The van der Waals surface area contributed by atoms with Crippen LogP contribution in [0.3, 0.4) is 0 Å². The Labute approximate surface area is 173 Å². The Morgan fingerprint density at radius 2 is 1.90 bits per heavy atom. The normalized spacial score (nSPS) is 12.0. The monoisotopic (exact) mass is 403 g/mol. The summed E-state index contributed by atoms with van der Waals surface area (Å²) in [5, 5.41) is 4.78. The SMILES string of the molecule is CC(C)(C)C(=O)Nc1nccc(/C=C/c2c(-c3ccccc3)nc3sccn23)n1. The number of anilines is 1. The van der Waals surface area contributed by atoms with E-state index < -0.39 is 5.41 Å². The first-order chi connectivity index (χ1) is 13.9. The van der Waals surface area contributed by atoms with E-state index in [-0.39, 0.29) is 5.91 Å². The number of fused-ring (bicyclic) bond motifs is 1. The lowest BCUT2D eigenvalue weighted by molar-refractivity contribution is -0.123. The van der Waals surface area contributed by atoms with Crippen molar-refractivity contribution >= 4 is 40.3 Å². The van der Waals surface area contributed by atoms with Crippen LogP contribution in [0.4, 0.5) is 5.95 Å². The maximum Gasteiger partial charge on any atom is 0.232 e. The topological polar surface area (TPSA) is 72.2 Å². The summed E-state index contributed by atoms with van der Waals surface area (Å²) in [7, 11) is 0. The molecule has 0 saturated heterocycles. The first-order valence-corrected chi connectivity index (χ1v) is 10.1. The maximum atomic E-state index is 12.2. The molecule has 29 heavy (non-hydrogen) atoms. The van der Waals surface area contributed by atoms with Gasteiger partial charge in [-0.1, -0.05) is 51.1 Å². The summed E-state index contributed by atoms with van der Waals surface area (Å²) in [5.74, 6) is 0.171. The first kappa shape index (κ1) is 19.0. The highest BCUT2D eigenvalue weighted by molar-refractivity contribution is 7.15. The summed E-state index contributed by atoms with van der Waals surface area (Å²) in [6, 6.07) is 11.9.